The standard InChI is InChI=1S/C60H104NO8P/c1-6-8-10-12-14-16-18-20-22-24-26-28-30-32-34-36-38-40-42-44-46-48-50-52-59(62)66-56-58(57-68-70(64,65)67-55-54-61(3,4)5)69-60(63)53-51-49-47-45-43-41-39-37-35-33-31-29-27-25-23-21-19-17-15-13-11-9-7-2/h9,11,15,17,21,23-24,26-27,29,33,35,39,41,45,47,58H,6-8,10,12-14,16,18-20,22,25,28,30-32,34,36-38,40,42-44,46,48-57H2,1-5H3/p+1/b11-9-,17-15-,23-21-,26-24-,29-27-,35-33-,41-39-,47-45-. The number of unbranched alkanes of at least 4 members (excludes halogenated alkanes) is 20. The fourth-order valence-electron chi connectivity index (χ4n) is 7.29. The van der Waals surface area contributed by atoms with Gasteiger partial charge in [-0.25, -0.2) is 4.57 Å². The van der Waals surface area contributed by atoms with Gasteiger partial charge < -0.3 is 18.9 Å². The van der Waals surface area contributed by atoms with Crippen LogP contribution in [0.4, 0.5) is 0 Å². The molecule has 9 nitrogen and oxygen atoms in total. The zero-order valence-electron chi connectivity index (χ0n) is 45.5. The Hall–Kier alpha value is -3.07. The number of phosphoric ester groups is 1. The van der Waals surface area contributed by atoms with Crippen LogP contribution in [0.15, 0.2) is 97.2 Å². The minimum Gasteiger partial charge on any atom is -0.462 e. The smallest absolute Gasteiger partial charge is 0.462 e. The van der Waals surface area contributed by atoms with E-state index in [2.05, 4.69) is 105 Å². The summed E-state index contributed by atoms with van der Waals surface area (Å²) >= 11 is 0. The van der Waals surface area contributed by atoms with Crippen molar-refractivity contribution in [3.05, 3.63) is 97.2 Å². The molecule has 10 heteroatoms. The van der Waals surface area contributed by atoms with Gasteiger partial charge in [0.05, 0.1) is 27.7 Å². The van der Waals surface area contributed by atoms with Gasteiger partial charge in [0.2, 0.25) is 0 Å². The molecule has 0 heterocycles. The molecule has 0 aliphatic rings. The van der Waals surface area contributed by atoms with Gasteiger partial charge in [0, 0.05) is 12.8 Å². The highest BCUT2D eigenvalue weighted by atomic mass is 31.2. The van der Waals surface area contributed by atoms with Crippen molar-refractivity contribution in [2.45, 2.75) is 225 Å². The van der Waals surface area contributed by atoms with E-state index in [0.717, 1.165) is 64.2 Å². The van der Waals surface area contributed by atoms with Crippen molar-refractivity contribution in [3.63, 3.8) is 0 Å². The predicted molar refractivity (Wildman–Crippen MR) is 298 cm³/mol. The van der Waals surface area contributed by atoms with E-state index in [4.69, 9.17) is 18.5 Å². The molecule has 0 spiro atoms. The van der Waals surface area contributed by atoms with E-state index in [0.29, 0.717) is 23.9 Å². The number of likely N-dealkylation sites (N-methyl/N-ethyl adjacent to an activating group) is 1. The van der Waals surface area contributed by atoms with E-state index < -0.39 is 26.5 Å². The number of carbonyl (C=O) groups excluding carboxylic acids is 2. The van der Waals surface area contributed by atoms with Crippen LogP contribution in [0.25, 0.3) is 0 Å². The summed E-state index contributed by atoms with van der Waals surface area (Å²) in [6.07, 6.45) is 69.1. The highest BCUT2D eigenvalue weighted by Gasteiger charge is 2.27. The summed E-state index contributed by atoms with van der Waals surface area (Å²) in [7, 11) is 1.43. The molecule has 0 aliphatic heterocycles. The molecule has 0 rings (SSSR count). The summed E-state index contributed by atoms with van der Waals surface area (Å²) in [6, 6.07) is 0. The first kappa shape index (κ1) is 66.9. The second kappa shape index (κ2) is 50.9. The Morgan fingerprint density at radius 3 is 1.27 bits per heavy atom. The Balaban J connectivity index is 4.31. The van der Waals surface area contributed by atoms with Crippen LogP contribution in [0.2, 0.25) is 0 Å². The van der Waals surface area contributed by atoms with E-state index in [1.807, 2.05) is 27.2 Å². The summed E-state index contributed by atoms with van der Waals surface area (Å²) in [5.41, 5.74) is 0. The molecule has 402 valence electrons. The van der Waals surface area contributed by atoms with Crippen molar-refractivity contribution >= 4 is 19.8 Å². The van der Waals surface area contributed by atoms with Crippen LogP contribution in [-0.2, 0) is 32.7 Å². The maximum Gasteiger partial charge on any atom is 0.472 e. The summed E-state index contributed by atoms with van der Waals surface area (Å²) in [6.45, 7) is 4.25. The van der Waals surface area contributed by atoms with E-state index in [-0.39, 0.29) is 32.0 Å². The molecule has 0 fully saturated rings. The van der Waals surface area contributed by atoms with Crippen molar-refractivity contribution < 1.29 is 42.1 Å². The summed E-state index contributed by atoms with van der Waals surface area (Å²) in [4.78, 5) is 35.6. The molecule has 0 saturated heterocycles. The zero-order valence-corrected chi connectivity index (χ0v) is 46.4. The number of carbonyl (C=O) groups is 2. The van der Waals surface area contributed by atoms with Gasteiger partial charge >= 0.3 is 19.8 Å². The summed E-state index contributed by atoms with van der Waals surface area (Å²) in [5, 5.41) is 0. The molecule has 0 bridgehead atoms. The fraction of sp³-hybridized carbons (Fsp3) is 0.700. The van der Waals surface area contributed by atoms with Crippen LogP contribution in [0, 0.1) is 0 Å². The number of esters is 2. The third-order valence-electron chi connectivity index (χ3n) is 11.6. The second-order valence-electron chi connectivity index (χ2n) is 19.6. The van der Waals surface area contributed by atoms with Crippen LogP contribution in [0.5, 0.6) is 0 Å². The minimum absolute atomic E-state index is 0.0159. The average Bonchev–Trinajstić information content (AvgIpc) is 3.32. The maximum atomic E-state index is 12.8. The largest absolute Gasteiger partial charge is 0.472 e. The molecule has 0 aromatic carbocycles. The SMILES string of the molecule is CC/C=C\C/C=C\C/C=C\C/C=C\C/C=C\C/C=C\C/C=C\CCCC(=O)OC(COC(=O)CCCCCCCCCCCCC/C=C\CCCCCCCCCC)COP(=O)(O)OCC[N+](C)(C)C. The molecule has 0 amide bonds. The maximum absolute atomic E-state index is 12.8. The molecule has 0 aromatic heterocycles. The van der Waals surface area contributed by atoms with Crippen molar-refractivity contribution in [3.8, 4) is 0 Å². The molecule has 0 aromatic rings. The molecule has 0 saturated carbocycles. The van der Waals surface area contributed by atoms with Gasteiger partial charge in [-0.3, -0.25) is 18.6 Å². The Kier molecular flexibility index (Phi) is 48.6. The Bertz CT molecular complexity index is 1500. The lowest BCUT2D eigenvalue weighted by atomic mass is 10.0. The van der Waals surface area contributed by atoms with Crippen molar-refractivity contribution in [1.29, 1.82) is 0 Å². The Morgan fingerprint density at radius 2 is 0.829 bits per heavy atom. The van der Waals surface area contributed by atoms with E-state index in [1.165, 1.54) is 116 Å². The van der Waals surface area contributed by atoms with Gasteiger partial charge in [0.25, 0.3) is 0 Å². The molecule has 0 radical (unpaired) electrons. The van der Waals surface area contributed by atoms with E-state index in [9.17, 15) is 19.0 Å². The van der Waals surface area contributed by atoms with Crippen molar-refractivity contribution in [2.75, 3.05) is 47.5 Å². The molecular formula is C60H105NO8P+. The minimum atomic E-state index is -4.41. The number of hydrogen-bond donors (Lipinski definition) is 1. The van der Waals surface area contributed by atoms with Gasteiger partial charge in [0.15, 0.2) is 6.10 Å². The zero-order chi connectivity index (χ0) is 51.3. The molecule has 0 aliphatic carbocycles. The van der Waals surface area contributed by atoms with Crippen LogP contribution in [-0.4, -0.2) is 74.9 Å². The number of quaternary nitrogens is 1. The Morgan fingerprint density at radius 1 is 0.457 bits per heavy atom. The average molecular weight is 999 g/mol. The first-order valence-corrected chi connectivity index (χ1v) is 29.5. The lowest BCUT2D eigenvalue weighted by Crippen LogP contribution is -2.37. The van der Waals surface area contributed by atoms with Crippen molar-refractivity contribution in [2.24, 2.45) is 0 Å². The number of phosphoric acid groups is 1. The molecule has 1 N–H and O–H groups in total. The molecular weight excluding hydrogens is 894 g/mol. The number of hydrogen-bond acceptors (Lipinski definition) is 7. The first-order chi connectivity index (χ1) is 34.0. The third-order valence-corrected chi connectivity index (χ3v) is 12.6. The molecule has 2 unspecified atom stereocenters. The van der Waals surface area contributed by atoms with Gasteiger partial charge in [-0.05, 0) is 89.9 Å². The topological polar surface area (TPSA) is 108 Å². The lowest BCUT2D eigenvalue weighted by molar-refractivity contribution is -0.870. The lowest BCUT2D eigenvalue weighted by Gasteiger charge is -2.24. The number of ether oxygens (including phenoxy) is 2. The van der Waals surface area contributed by atoms with E-state index >= 15 is 0 Å². The third kappa shape index (κ3) is 54.3. The quantitative estimate of drug-likeness (QED) is 0.0211. The van der Waals surface area contributed by atoms with Gasteiger partial charge in [0.1, 0.15) is 19.8 Å². The van der Waals surface area contributed by atoms with Crippen LogP contribution < -0.4 is 0 Å². The number of rotatable bonds is 50. The van der Waals surface area contributed by atoms with Crippen LogP contribution in [0.1, 0.15) is 219 Å². The number of allylic oxidation sites excluding steroid dienone is 16. The van der Waals surface area contributed by atoms with E-state index in [1.54, 1.807) is 0 Å². The highest BCUT2D eigenvalue weighted by molar-refractivity contribution is 7.47. The van der Waals surface area contributed by atoms with Gasteiger partial charge in [-0.2, -0.15) is 0 Å². The molecule has 70 heavy (non-hydrogen) atoms. The predicted octanol–water partition coefficient (Wildman–Crippen LogP) is 17.3. The van der Waals surface area contributed by atoms with Crippen molar-refractivity contribution in [1.82, 2.24) is 0 Å². The summed E-state index contributed by atoms with van der Waals surface area (Å²) < 4.78 is 34.5. The Labute approximate surface area is 430 Å². The first-order valence-electron chi connectivity index (χ1n) is 28.0. The second-order valence-corrected chi connectivity index (χ2v) is 21.0. The monoisotopic (exact) mass is 999 g/mol. The van der Waals surface area contributed by atoms with Crippen LogP contribution >= 0.6 is 7.82 Å². The number of nitrogens with zero attached hydrogens (tertiary/aromatic N) is 1. The van der Waals surface area contributed by atoms with Gasteiger partial charge in [-0.15, -0.1) is 0 Å². The van der Waals surface area contributed by atoms with Crippen LogP contribution in [0.3, 0.4) is 0 Å². The normalized spacial score (nSPS) is 14.1. The van der Waals surface area contributed by atoms with Gasteiger partial charge in [-0.1, -0.05) is 214 Å². The summed E-state index contributed by atoms with van der Waals surface area (Å²) in [5.74, 6) is -0.871. The molecule has 2 atom stereocenters. The highest BCUT2D eigenvalue weighted by Crippen LogP contribution is 2.43. The fourth-order valence-corrected chi connectivity index (χ4v) is 8.03.